The van der Waals surface area contributed by atoms with Crippen LogP contribution in [0.2, 0.25) is 0 Å². The van der Waals surface area contributed by atoms with Crippen LogP contribution in [0.5, 0.6) is 0 Å². The predicted octanol–water partition coefficient (Wildman–Crippen LogP) is 2.68. The van der Waals surface area contributed by atoms with Gasteiger partial charge in [-0.2, -0.15) is 0 Å². The highest BCUT2D eigenvalue weighted by atomic mass is 16.5. The van der Waals surface area contributed by atoms with E-state index in [-0.39, 0.29) is 30.6 Å². The van der Waals surface area contributed by atoms with Gasteiger partial charge in [0.2, 0.25) is 0 Å². The Balaban J connectivity index is 1.79. The third-order valence-corrected chi connectivity index (χ3v) is 7.38. The van der Waals surface area contributed by atoms with E-state index in [9.17, 15) is 19.5 Å². The van der Waals surface area contributed by atoms with Gasteiger partial charge < -0.3 is 19.0 Å². The second-order valence-corrected chi connectivity index (χ2v) is 8.93. The summed E-state index contributed by atoms with van der Waals surface area (Å²) >= 11 is 0. The molecule has 0 unspecified atom stereocenters. The van der Waals surface area contributed by atoms with Crippen LogP contribution < -0.4 is 0 Å². The molecule has 1 spiro atoms. The third kappa shape index (κ3) is 3.03. The molecule has 29 heavy (non-hydrogen) atoms. The van der Waals surface area contributed by atoms with Crippen molar-refractivity contribution in [3.63, 3.8) is 0 Å². The number of cyclic esters (lactones) is 1. The molecule has 0 radical (unpaired) electrons. The first kappa shape index (κ1) is 19.9. The smallest absolute Gasteiger partial charge is 0.334 e. The van der Waals surface area contributed by atoms with Gasteiger partial charge in [0.25, 0.3) is 0 Å². The fourth-order valence-corrected chi connectivity index (χ4v) is 5.80. The minimum absolute atomic E-state index is 0.0810. The van der Waals surface area contributed by atoms with Gasteiger partial charge in [0.15, 0.2) is 5.78 Å². The monoisotopic (exact) mass is 402 g/mol. The fraction of sp³-hybridized carbons (Fsp3) is 0.591. The van der Waals surface area contributed by atoms with E-state index >= 15 is 0 Å². The molecule has 7 nitrogen and oxygen atoms in total. The number of ketones is 1. The number of hydrogen-bond acceptors (Lipinski definition) is 7. The Morgan fingerprint density at radius 3 is 2.79 bits per heavy atom. The van der Waals surface area contributed by atoms with E-state index in [1.807, 2.05) is 13.8 Å². The number of carbonyl (C=O) groups is 3. The Bertz CT molecular complexity index is 870. The first-order valence-electron chi connectivity index (χ1n) is 9.97. The molecule has 1 saturated carbocycles. The lowest BCUT2D eigenvalue weighted by Crippen LogP contribution is -2.59. The van der Waals surface area contributed by atoms with Gasteiger partial charge in [0.05, 0.1) is 17.9 Å². The molecule has 7 heteroatoms. The second-order valence-electron chi connectivity index (χ2n) is 8.93. The van der Waals surface area contributed by atoms with Crippen LogP contribution >= 0.6 is 0 Å². The van der Waals surface area contributed by atoms with E-state index in [1.165, 1.54) is 19.5 Å². The highest BCUT2D eigenvalue weighted by Gasteiger charge is 2.65. The standard InChI is InChI=1S/C22H26O7/c1-12-18(29-13(2)23)9-22-11-28-20(26)16(22)6-15(24)7-19(22)21(12,3)8-17(25)14-4-5-27-10-14/h4-6,10,12,15,18-19,24H,7-9,11H2,1-3H3/t12-,15+,18-,19-,21-,22-/m1/s1. The number of Topliss-reactive ketones (excluding diaryl/α,β-unsaturated/α-hetero) is 1. The Labute approximate surface area is 169 Å². The Morgan fingerprint density at radius 2 is 2.14 bits per heavy atom. The first-order chi connectivity index (χ1) is 13.7. The van der Waals surface area contributed by atoms with Crippen molar-refractivity contribution in [2.75, 3.05) is 6.61 Å². The molecule has 1 aliphatic heterocycles. The SMILES string of the molecule is CC(=O)O[C@@H]1C[C@@]23COC(=O)C2=C[C@H](O)C[C@@H]3[C@](C)(CC(=O)c2ccoc2)[C@@H]1C. The molecule has 3 aliphatic rings. The summed E-state index contributed by atoms with van der Waals surface area (Å²) < 4.78 is 16.1. The van der Waals surface area contributed by atoms with Gasteiger partial charge in [-0.25, -0.2) is 4.79 Å². The molecule has 1 aromatic rings. The number of carbonyl (C=O) groups excluding carboxylic acids is 3. The van der Waals surface area contributed by atoms with Gasteiger partial charge in [-0.1, -0.05) is 13.8 Å². The van der Waals surface area contributed by atoms with Crippen molar-refractivity contribution in [2.45, 2.75) is 52.2 Å². The average Bonchev–Trinajstić information content (AvgIpc) is 3.29. The summed E-state index contributed by atoms with van der Waals surface area (Å²) in [5.41, 5.74) is -0.365. The fourth-order valence-electron chi connectivity index (χ4n) is 5.80. The molecule has 6 atom stereocenters. The molecular weight excluding hydrogens is 376 g/mol. The number of ether oxygens (including phenoxy) is 2. The number of aliphatic hydroxyl groups is 1. The van der Waals surface area contributed by atoms with Crippen molar-refractivity contribution < 1.29 is 33.4 Å². The van der Waals surface area contributed by atoms with Crippen LogP contribution in [-0.4, -0.2) is 41.6 Å². The topological polar surface area (TPSA) is 103 Å². The summed E-state index contributed by atoms with van der Waals surface area (Å²) in [5, 5.41) is 10.5. The predicted molar refractivity (Wildman–Crippen MR) is 101 cm³/mol. The lowest BCUT2D eigenvalue weighted by molar-refractivity contribution is -0.173. The molecule has 1 aromatic heterocycles. The Morgan fingerprint density at radius 1 is 1.38 bits per heavy atom. The van der Waals surface area contributed by atoms with E-state index < -0.39 is 35.0 Å². The van der Waals surface area contributed by atoms with Crippen LogP contribution in [0.3, 0.4) is 0 Å². The molecule has 1 saturated heterocycles. The molecule has 2 aliphatic carbocycles. The molecule has 2 fully saturated rings. The van der Waals surface area contributed by atoms with Gasteiger partial charge >= 0.3 is 11.9 Å². The van der Waals surface area contributed by atoms with E-state index in [2.05, 4.69) is 0 Å². The maximum atomic E-state index is 13.0. The lowest BCUT2D eigenvalue weighted by Gasteiger charge is -2.58. The molecule has 0 amide bonds. The summed E-state index contributed by atoms with van der Waals surface area (Å²) in [5.74, 6) is -1.24. The van der Waals surface area contributed by atoms with Crippen LogP contribution in [0.1, 0.15) is 50.4 Å². The quantitative estimate of drug-likeness (QED) is 0.610. The Hall–Kier alpha value is -2.41. The van der Waals surface area contributed by atoms with Crippen LogP contribution in [-0.2, 0) is 19.1 Å². The maximum absolute atomic E-state index is 13.0. The van der Waals surface area contributed by atoms with Crippen molar-refractivity contribution >= 4 is 17.7 Å². The number of hydrogen-bond donors (Lipinski definition) is 1. The summed E-state index contributed by atoms with van der Waals surface area (Å²) in [7, 11) is 0. The largest absolute Gasteiger partial charge is 0.472 e. The van der Waals surface area contributed by atoms with Crippen LogP contribution in [0.15, 0.2) is 34.7 Å². The normalized spacial score (nSPS) is 38.5. The molecule has 4 rings (SSSR count). The van der Waals surface area contributed by atoms with Crippen molar-refractivity contribution in [1.82, 2.24) is 0 Å². The molecule has 0 aromatic carbocycles. The third-order valence-electron chi connectivity index (χ3n) is 7.38. The minimum Gasteiger partial charge on any atom is -0.472 e. The van der Waals surface area contributed by atoms with Gasteiger partial charge in [0, 0.05) is 24.3 Å². The van der Waals surface area contributed by atoms with Crippen LogP contribution in [0, 0.1) is 22.7 Å². The second kappa shape index (κ2) is 6.83. The van der Waals surface area contributed by atoms with Crippen molar-refractivity contribution in [1.29, 1.82) is 0 Å². The van der Waals surface area contributed by atoms with Crippen molar-refractivity contribution in [3.8, 4) is 0 Å². The van der Waals surface area contributed by atoms with E-state index in [4.69, 9.17) is 13.9 Å². The highest BCUT2D eigenvalue weighted by molar-refractivity contribution is 5.96. The Kier molecular flexibility index (Phi) is 4.69. The zero-order valence-corrected chi connectivity index (χ0v) is 16.8. The molecule has 1 N–H and O–H groups in total. The summed E-state index contributed by atoms with van der Waals surface area (Å²) in [6, 6.07) is 1.63. The van der Waals surface area contributed by atoms with E-state index in [0.717, 1.165) is 0 Å². The lowest BCUT2D eigenvalue weighted by atomic mass is 9.45. The van der Waals surface area contributed by atoms with E-state index in [0.29, 0.717) is 24.0 Å². The first-order valence-corrected chi connectivity index (χ1v) is 9.97. The van der Waals surface area contributed by atoms with Gasteiger partial charge in [-0.15, -0.1) is 0 Å². The average molecular weight is 402 g/mol. The minimum atomic E-state index is -0.783. The summed E-state index contributed by atoms with van der Waals surface area (Å²) in [4.78, 5) is 37.3. The van der Waals surface area contributed by atoms with Gasteiger partial charge in [-0.3, -0.25) is 9.59 Å². The number of furan rings is 1. The highest BCUT2D eigenvalue weighted by Crippen LogP contribution is 2.64. The van der Waals surface area contributed by atoms with Crippen LogP contribution in [0.25, 0.3) is 0 Å². The molecule has 156 valence electrons. The van der Waals surface area contributed by atoms with Crippen LogP contribution in [0.4, 0.5) is 0 Å². The summed E-state index contributed by atoms with van der Waals surface area (Å²) in [6.07, 6.45) is 4.26. The van der Waals surface area contributed by atoms with Crippen molar-refractivity contribution in [3.05, 3.63) is 35.8 Å². The molecular formula is C22H26O7. The van der Waals surface area contributed by atoms with Gasteiger partial charge in [0.1, 0.15) is 19.0 Å². The van der Waals surface area contributed by atoms with Gasteiger partial charge in [-0.05, 0) is 42.2 Å². The zero-order chi connectivity index (χ0) is 21.0. The van der Waals surface area contributed by atoms with E-state index in [1.54, 1.807) is 12.1 Å². The molecule has 2 heterocycles. The maximum Gasteiger partial charge on any atom is 0.334 e. The van der Waals surface area contributed by atoms with Crippen molar-refractivity contribution in [2.24, 2.45) is 22.7 Å². The number of aliphatic hydroxyl groups excluding tert-OH is 1. The zero-order valence-electron chi connectivity index (χ0n) is 16.8. The summed E-state index contributed by atoms with van der Waals surface area (Å²) in [6.45, 7) is 5.51. The number of esters is 2. The number of rotatable bonds is 4. The molecule has 0 bridgehead atoms.